The van der Waals surface area contributed by atoms with Crippen LogP contribution in [0.1, 0.15) is 13.8 Å². The second kappa shape index (κ2) is 6.13. The maximum atomic E-state index is 11.8. The van der Waals surface area contributed by atoms with E-state index < -0.39 is 6.04 Å². The molecule has 0 aliphatic carbocycles. The van der Waals surface area contributed by atoms with Gasteiger partial charge in [0, 0.05) is 0 Å². The monoisotopic (exact) mass is 285 g/mol. The Hall–Kier alpha value is -1.17. The lowest BCUT2D eigenvalue weighted by Crippen LogP contribution is -2.39. The Morgan fingerprint density at radius 2 is 2.06 bits per heavy atom. The molecule has 1 heterocycles. The number of nitrogens with one attached hydrogen (secondary N) is 1. The highest BCUT2D eigenvalue weighted by Crippen LogP contribution is 2.25. The first-order chi connectivity index (χ1) is 8.08. The molecule has 6 heteroatoms. The van der Waals surface area contributed by atoms with Crippen LogP contribution in [0.3, 0.4) is 0 Å². The molecule has 0 bridgehead atoms. The molecule has 0 radical (unpaired) electrons. The largest absolute Gasteiger partial charge is 0.320 e. The Balaban J connectivity index is 0.00000162. The van der Waals surface area contributed by atoms with Gasteiger partial charge in [-0.1, -0.05) is 37.3 Å². The average Bonchev–Trinajstić information content (AvgIpc) is 2.69. The molecule has 0 fully saturated rings. The Morgan fingerprint density at radius 3 is 2.67 bits per heavy atom. The smallest absolute Gasteiger partial charge is 0.243 e. The molecule has 2 aromatic rings. The van der Waals surface area contributed by atoms with Gasteiger partial charge in [-0.25, -0.2) is 4.98 Å². The van der Waals surface area contributed by atoms with Crippen molar-refractivity contribution in [2.75, 3.05) is 5.32 Å². The number of amides is 1. The van der Waals surface area contributed by atoms with Crippen LogP contribution >= 0.6 is 23.7 Å². The lowest BCUT2D eigenvalue weighted by molar-refractivity contribution is -0.118. The Labute approximate surface area is 116 Å². The van der Waals surface area contributed by atoms with Crippen molar-refractivity contribution < 1.29 is 4.79 Å². The van der Waals surface area contributed by atoms with Crippen LogP contribution in [0.25, 0.3) is 10.2 Å². The maximum absolute atomic E-state index is 11.8. The highest BCUT2D eigenvalue weighted by Gasteiger charge is 2.18. The highest BCUT2D eigenvalue weighted by atomic mass is 35.5. The van der Waals surface area contributed by atoms with E-state index in [0.717, 1.165) is 10.2 Å². The molecule has 1 unspecified atom stereocenters. The minimum Gasteiger partial charge on any atom is -0.320 e. The first kappa shape index (κ1) is 14.9. The van der Waals surface area contributed by atoms with Crippen LogP contribution < -0.4 is 11.1 Å². The summed E-state index contributed by atoms with van der Waals surface area (Å²) in [7, 11) is 0. The molecule has 0 aliphatic rings. The molecular weight excluding hydrogens is 270 g/mol. The summed E-state index contributed by atoms with van der Waals surface area (Å²) in [5.74, 6) is -0.0663. The summed E-state index contributed by atoms with van der Waals surface area (Å²) >= 11 is 1.46. The van der Waals surface area contributed by atoms with Gasteiger partial charge in [-0.15, -0.1) is 12.4 Å². The number of halogens is 1. The zero-order valence-corrected chi connectivity index (χ0v) is 11.8. The predicted octanol–water partition coefficient (Wildman–Crippen LogP) is 2.64. The molecular formula is C12H16ClN3OS. The number of thiazole rings is 1. The SMILES string of the molecule is CC(C)C(N)C(=O)Nc1nc2ccccc2s1.Cl. The van der Waals surface area contributed by atoms with Crippen LogP contribution in [0, 0.1) is 5.92 Å². The van der Waals surface area contributed by atoms with Crippen LogP contribution in [0.15, 0.2) is 24.3 Å². The summed E-state index contributed by atoms with van der Waals surface area (Å²) < 4.78 is 1.06. The van der Waals surface area contributed by atoms with Crippen molar-refractivity contribution in [1.29, 1.82) is 0 Å². The van der Waals surface area contributed by atoms with E-state index in [1.165, 1.54) is 11.3 Å². The fraction of sp³-hybridized carbons (Fsp3) is 0.333. The number of para-hydroxylation sites is 1. The van der Waals surface area contributed by atoms with Crippen molar-refractivity contribution >= 4 is 45.0 Å². The number of benzene rings is 1. The molecule has 1 aromatic heterocycles. The van der Waals surface area contributed by atoms with Crippen molar-refractivity contribution in [3.63, 3.8) is 0 Å². The third-order valence-corrected chi connectivity index (χ3v) is 3.50. The van der Waals surface area contributed by atoms with Crippen molar-refractivity contribution in [1.82, 2.24) is 4.98 Å². The number of carbonyl (C=O) groups excluding carboxylic acids is 1. The molecule has 1 aromatic carbocycles. The minimum atomic E-state index is -0.498. The van der Waals surface area contributed by atoms with Gasteiger partial charge in [-0.3, -0.25) is 4.79 Å². The Bertz CT molecular complexity index is 508. The molecule has 98 valence electrons. The van der Waals surface area contributed by atoms with E-state index >= 15 is 0 Å². The fourth-order valence-corrected chi connectivity index (χ4v) is 2.29. The number of anilines is 1. The van der Waals surface area contributed by atoms with Crippen LogP contribution in [-0.2, 0) is 4.79 Å². The molecule has 2 rings (SSSR count). The van der Waals surface area contributed by atoms with E-state index in [2.05, 4.69) is 10.3 Å². The van der Waals surface area contributed by atoms with Crippen molar-refractivity contribution in [2.45, 2.75) is 19.9 Å². The quantitative estimate of drug-likeness (QED) is 0.911. The molecule has 4 nitrogen and oxygen atoms in total. The summed E-state index contributed by atoms with van der Waals surface area (Å²) in [6, 6.07) is 7.27. The first-order valence-electron chi connectivity index (χ1n) is 5.50. The zero-order valence-electron chi connectivity index (χ0n) is 10.2. The van der Waals surface area contributed by atoms with Gasteiger partial charge in [-0.05, 0) is 18.1 Å². The van der Waals surface area contributed by atoms with Gasteiger partial charge in [0.1, 0.15) is 0 Å². The molecule has 0 aliphatic heterocycles. The molecule has 1 amide bonds. The summed E-state index contributed by atoms with van der Waals surface area (Å²) in [6.45, 7) is 3.84. The van der Waals surface area contributed by atoms with Crippen molar-refractivity contribution in [3.05, 3.63) is 24.3 Å². The minimum absolute atomic E-state index is 0. The second-order valence-electron chi connectivity index (χ2n) is 4.25. The van der Waals surface area contributed by atoms with Crippen LogP contribution in [0.2, 0.25) is 0 Å². The number of nitrogens with zero attached hydrogens (tertiary/aromatic N) is 1. The van der Waals surface area contributed by atoms with Gasteiger partial charge in [0.15, 0.2) is 5.13 Å². The number of carbonyl (C=O) groups is 1. The normalized spacial score (nSPS) is 12.2. The number of fused-ring (bicyclic) bond motifs is 1. The van der Waals surface area contributed by atoms with Crippen molar-refractivity contribution in [3.8, 4) is 0 Å². The summed E-state index contributed by atoms with van der Waals surface area (Å²) in [5, 5.41) is 3.36. The van der Waals surface area contributed by atoms with E-state index in [4.69, 9.17) is 5.73 Å². The van der Waals surface area contributed by atoms with Gasteiger partial charge in [-0.2, -0.15) is 0 Å². The van der Waals surface area contributed by atoms with Gasteiger partial charge in [0.05, 0.1) is 16.3 Å². The third-order valence-electron chi connectivity index (χ3n) is 2.55. The van der Waals surface area contributed by atoms with E-state index in [-0.39, 0.29) is 24.2 Å². The number of hydrogen-bond acceptors (Lipinski definition) is 4. The first-order valence-corrected chi connectivity index (χ1v) is 6.31. The molecule has 0 saturated heterocycles. The summed E-state index contributed by atoms with van der Waals surface area (Å²) in [4.78, 5) is 16.1. The average molecular weight is 286 g/mol. The van der Waals surface area contributed by atoms with Crippen LogP contribution in [0.4, 0.5) is 5.13 Å². The topological polar surface area (TPSA) is 68.0 Å². The fourth-order valence-electron chi connectivity index (χ4n) is 1.42. The second-order valence-corrected chi connectivity index (χ2v) is 5.28. The summed E-state index contributed by atoms with van der Waals surface area (Å²) in [5.41, 5.74) is 6.66. The van der Waals surface area contributed by atoms with Crippen molar-refractivity contribution in [2.24, 2.45) is 11.7 Å². The van der Waals surface area contributed by atoms with E-state index in [0.29, 0.717) is 5.13 Å². The standard InChI is InChI=1S/C12H15N3OS.ClH/c1-7(2)10(13)11(16)15-12-14-8-5-3-4-6-9(8)17-12;/h3-7,10H,13H2,1-2H3,(H,14,15,16);1H. The molecule has 3 N–H and O–H groups in total. The van der Waals surface area contributed by atoms with Gasteiger partial charge in [0.25, 0.3) is 0 Å². The number of rotatable bonds is 3. The van der Waals surface area contributed by atoms with Crippen LogP contribution in [-0.4, -0.2) is 16.9 Å². The maximum Gasteiger partial charge on any atom is 0.243 e. The number of hydrogen-bond donors (Lipinski definition) is 2. The lowest BCUT2D eigenvalue weighted by Gasteiger charge is -2.13. The molecule has 0 saturated carbocycles. The lowest BCUT2D eigenvalue weighted by atomic mass is 10.1. The van der Waals surface area contributed by atoms with Crippen LogP contribution in [0.5, 0.6) is 0 Å². The Kier molecular flexibility index (Phi) is 5.07. The predicted molar refractivity (Wildman–Crippen MR) is 78.3 cm³/mol. The molecule has 18 heavy (non-hydrogen) atoms. The van der Waals surface area contributed by atoms with E-state index in [9.17, 15) is 4.79 Å². The molecule has 0 spiro atoms. The van der Waals surface area contributed by atoms with Gasteiger partial charge in [0.2, 0.25) is 5.91 Å². The zero-order chi connectivity index (χ0) is 12.4. The number of aromatic nitrogens is 1. The summed E-state index contributed by atoms with van der Waals surface area (Å²) in [6.07, 6.45) is 0. The van der Waals surface area contributed by atoms with Gasteiger partial charge < -0.3 is 11.1 Å². The van der Waals surface area contributed by atoms with E-state index in [1.54, 1.807) is 0 Å². The van der Waals surface area contributed by atoms with Gasteiger partial charge >= 0.3 is 0 Å². The Morgan fingerprint density at radius 1 is 1.39 bits per heavy atom. The highest BCUT2D eigenvalue weighted by molar-refractivity contribution is 7.22. The molecule has 1 atom stereocenters. The third kappa shape index (κ3) is 3.19. The number of nitrogens with two attached hydrogens (primary N) is 1. The van der Waals surface area contributed by atoms with E-state index in [1.807, 2.05) is 38.1 Å².